The van der Waals surface area contributed by atoms with E-state index in [1.54, 1.807) is 18.2 Å². The highest BCUT2D eigenvalue weighted by Gasteiger charge is 2.29. The minimum atomic E-state index is -0.458. The topological polar surface area (TPSA) is 69.2 Å². The van der Waals surface area contributed by atoms with Gasteiger partial charge in [0.05, 0.1) is 30.3 Å². The molecule has 1 unspecified atom stereocenters. The summed E-state index contributed by atoms with van der Waals surface area (Å²) in [4.78, 5) is 17.3. The Morgan fingerprint density at radius 2 is 2.10 bits per heavy atom. The summed E-state index contributed by atoms with van der Waals surface area (Å²) in [5.74, 6) is 0.519. The standard InChI is InChI=1S/C14H19N3O3/c1-10-9-16(3)11(2)8-12(10)15-20-14-7-5-4-6-13(14)17(18)19/h4-7,10-11H,8-9H2,1-3H3/p+1/b15-12-/t10-,11+/m1/s1. The SMILES string of the molecule is C[C@@H]1C[NH+](C)[C@@H](C)C/C1=N/Oc1ccccc1[N+](=O)[O-]. The molecule has 1 aliphatic heterocycles. The van der Waals surface area contributed by atoms with Crippen molar-refractivity contribution in [2.24, 2.45) is 11.1 Å². The predicted octanol–water partition coefficient (Wildman–Crippen LogP) is 1.27. The molecule has 1 aliphatic rings. The molecular weight excluding hydrogens is 258 g/mol. The van der Waals surface area contributed by atoms with Gasteiger partial charge in [0.25, 0.3) is 0 Å². The Balaban J connectivity index is 2.15. The second kappa shape index (κ2) is 6.00. The second-order valence-electron chi connectivity index (χ2n) is 5.46. The third-order valence-corrected chi connectivity index (χ3v) is 3.88. The molecule has 0 aromatic heterocycles. The summed E-state index contributed by atoms with van der Waals surface area (Å²) in [5, 5.41) is 15.1. The Kier molecular flexibility index (Phi) is 4.34. The molecule has 0 aliphatic carbocycles. The molecule has 0 spiro atoms. The monoisotopic (exact) mass is 278 g/mol. The molecular formula is C14H20N3O3+. The molecule has 1 saturated heterocycles. The summed E-state index contributed by atoms with van der Waals surface area (Å²) in [7, 11) is 2.17. The minimum Gasteiger partial charge on any atom is -0.350 e. The molecule has 108 valence electrons. The number of hydrogen-bond acceptors (Lipinski definition) is 4. The lowest BCUT2D eigenvalue weighted by molar-refractivity contribution is -0.908. The molecule has 0 bridgehead atoms. The molecule has 6 nitrogen and oxygen atoms in total. The average molecular weight is 278 g/mol. The minimum absolute atomic E-state index is 0.0592. The fraction of sp³-hybridized carbons (Fsp3) is 0.500. The number of para-hydroxylation sites is 2. The maximum atomic E-state index is 10.9. The second-order valence-corrected chi connectivity index (χ2v) is 5.46. The third-order valence-electron chi connectivity index (χ3n) is 3.88. The molecule has 0 radical (unpaired) electrons. The normalized spacial score (nSPS) is 28.4. The fourth-order valence-corrected chi connectivity index (χ4v) is 2.41. The first-order valence-electron chi connectivity index (χ1n) is 6.78. The van der Waals surface area contributed by atoms with E-state index in [0.29, 0.717) is 12.0 Å². The van der Waals surface area contributed by atoms with E-state index >= 15 is 0 Å². The highest BCUT2D eigenvalue weighted by atomic mass is 16.6. The van der Waals surface area contributed by atoms with E-state index in [1.807, 2.05) is 0 Å². The lowest BCUT2D eigenvalue weighted by Gasteiger charge is -2.31. The highest BCUT2D eigenvalue weighted by Crippen LogP contribution is 2.26. The van der Waals surface area contributed by atoms with Gasteiger partial charge in [0.15, 0.2) is 0 Å². The van der Waals surface area contributed by atoms with Crippen LogP contribution < -0.4 is 9.74 Å². The molecule has 3 atom stereocenters. The number of likely N-dealkylation sites (tertiary alicyclic amines) is 1. The summed E-state index contributed by atoms with van der Waals surface area (Å²) in [6.07, 6.45) is 0.855. The third kappa shape index (κ3) is 3.14. The van der Waals surface area contributed by atoms with Crippen molar-refractivity contribution in [1.82, 2.24) is 0 Å². The molecule has 0 saturated carbocycles. The number of quaternary nitrogens is 1. The van der Waals surface area contributed by atoms with Crippen molar-refractivity contribution >= 4 is 11.4 Å². The van der Waals surface area contributed by atoms with Gasteiger partial charge in [-0.15, -0.1) is 0 Å². The van der Waals surface area contributed by atoms with Crippen LogP contribution in [-0.4, -0.2) is 30.3 Å². The summed E-state index contributed by atoms with van der Waals surface area (Å²) < 4.78 is 0. The molecule has 1 aromatic rings. The van der Waals surface area contributed by atoms with E-state index in [1.165, 1.54) is 11.0 Å². The Bertz CT molecular complexity index is 530. The molecule has 0 amide bonds. The van der Waals surface area contributed by atoms with Crippen molar-refractivity contribution in [2.45, 2.75) is 26.3 Å². The number of nitro groups is 1. The average Bonchev–Trinajstić information content (AvgIpc) is 2.41. The Hall–Kier alpha value is -1.95. The van der Waals surface area contributed by atoms with E-state index in [-0.39, 0.29) is 11.4 Å². The van der Waals surface area contributed by atoms with E-state index in [9.17, 15) is 10.1 Å². The van der Waals surface area contributed by atoms with Crippen LogP contribution in [-0.2, 0) is 0 Å². The number of hydrogen-bond donors (Lipinski definition) is 1. The van der Waals surface area contributed by atoms with Gasteiger partial charge in [0, 0.05) is 18.4 Å². The van der Waals surface area contributed by atoms with Crippen molar-refractivity contribution in [3.05, 3.63) is 34.4 Å². The summed E-state index contributed by atoms with van der Waals surface area (Å²) in [5.41, 5.74) is 0.914. The zero-order valence-corrected chi connectivity index (χ0v) is 12.0. The van der Waals surface area contributed by atoms with Crippen LogP contribution in [0, 0.1) is 16.0 Å². The molecule has 2 rings (SSSR count). The summed E-state index contributed by atoms with van der Waals surface area (Å²) in [6, 6.07) is 6.78. The Labute approximate surface area is 118 Å². The van der Waals surface area contributed by atoms with Crippen LogP contribution in [0.2, 0.25) is 0 Å². The number of nitrogens with zero attached hydrogens (tertiary/aromatic N) is 2. The fourth-order valence-electron chi connectivity index (χ4n) is 2.41. The summed E-state index contributed by atoms with van der Waals surface area (Å²) in [6.45, 7) is 5.28. The predicted molar refractivity (Wildman–Crippen MR) is 76.2 cm³/mol. The van der Waals surface area contributed by atoms with Crippen LogP contribution in [0.25, 0.3) is 0 Å². The van der Waals surface area contributed by atoms with Crippen molar-refractivity contribution < 1.29 is 14.7 Å². The van der Waals surface area contributed by atoms with Crippen LogP contribution in [0.1, 0.15) is 20.3 Å². The van der Waals surface area contributed by atoms with Gasteiger partial charge in [0.2, 0.25) is 5.75 Å². The Morgan fingerprint density at radius 3 is 2.80 bits per heavy atom. The van der Waals surface area contributed by atoms with Crippen LogP contribution in [0.4, 0.5) is 5.69 Å². The maximum Gasteiger partial charge on any atom is 0.314 e. The molecule has 20 heavy (non-hydrogen) atoms. The highest BCUT2D eigenvalue weighted by molar-refractivity contribution is 5.87. The first-order chi connectivity index (χ1) is 9.49. The van der Waals surface area contributed by atoms with Gasteiger partial charge in [0.1, 0.15) is 0 Å². The lowest BCUT2D eigenvalue weighted by atomic mass is 9.93. The van der Waals surface area contributed by atoms with Crippen molar-refractivity contribution in [3.8, 4) is 5.75 Å². The maximum absolute atomic E-state index is 10.9. The van der Waals surface area contributed by atoms with Gasteiger partial charge in [-0.1, -0.05) is 24.2 Å². The smallest absolute Gasteiger partial charge is 0.314 e. The molecule has 1 fully saturated rings. The van der Waals surface area contributed by atoms with Crippen LogP contribution in [0.3, 0.4) is 0 Å². The van der Waals surface area contributed by atoms with Gasteiger partial charge in [-0.05, 0) is 13.0 Å². The summed E-state index contributed by atoms with van der Waals surface area (Å²) >= 11 is 0. The van der Waals surface area contributed by atoms with E-state index < -0.39 is 4.92 Å². The largest absolute Gasteiger partial charge is 0.350 e. The molecule has 1 heterocycles. The van der Waals surface area contributed by atoms with Crippen molar-refractivity contribution in [1.29, 1.82) is 0 Å². The Morgan fingerprint density at radius 1 is 1.40 bits per heavy atom. The number of piperidine rings is 1. The first kappa shape index (κ1) is 14.5. The van der Waals surface area contributed by atoms with Crippen LogP contribution in [0.5, 0.6) is 5.75 Å². The van der Waals surface area contributed by atoms with E-state index in [4.69, 9.17) is 4.84 Å². The number of benzene rings is 1. The molecule has 1 aromatic carbocycles. The van der Waals surface area contributed by atoms with Crippen LogP contribution >= 0.6 is 0 Å². The molecule has 6 heteroatoms. The zero-order valence-electron chi connectivity index (χ0n) is 12.0. The quantitative estimate of drug-likeness (QED) is 0.668. The van der Waals surface area contributed by atoms with E-state index in [0.717, 1.165) is 18.7 Å². The number of nitrogens with one attached hydrogen (secondary N) is 1. The number of nitro benzene ring substituents is 1. The van der Waals surface area contributed by atoms with Gasteiger partial charge >= 0.3 is 5.69 Å². The van der Waals surface area contributed by atoms with Gasteiger partial charge in [-0.3, -0.25) is 10.1 Å². The zero-order chi connectivity index (χ0) is 14.7. The van der Waals surface area contributed by atoms with Gasteiger partial charge in [-0.2, -0.15) is 0 Å². The number of oxime groups is 1. The van der Waals surface area contributed by atoms with Gasteiger partial charge < -0.3 is 9.74 Å². The first-order valence-corrected chi connectivity index (χ1v) is 6.78. The van der Waals surface area contributed by atoms with Crippen molar-refractivity contribution in [2.75, 3.05) is 13.6 Å². The van der Waals surface area contributed by atoms with E-state index in [2.05, 4.69) is 26.1 Å². The van der Waals surface area contributed by atoms with Crippen LogP contribution in [0.15, 0.2) is 29.4 Å². The number of rotatable bonds is 3. The van der Waals surface area contributed by atoms with Gasteiger partial charge in [-0.25, -0.2) is 0 Å². The molecule has 1 N–H and O–H groups in total. The van der Waals surface area contributed by atoms with Crippen molar-refractivity contribution in [3.63, 3.8) is 0 Å². The lowest BCUT2D eigenvalue weighted by Crippen LogP contribution is -3.14.